The van der Waals surface area contributed by atoms with Crippen LogP contribution in [0.25, 0.3) is 0 Å². The molecule has 0 aliphatic rings. The van der Waals surface area contributed by atoms with E-state index in [2.05, 4.69) is 26.2 Å². The lowest BCUT2D eigenvalue weighted by atomic mass is 10.4. The van der Waals surface area contributed by atoms with Crippen molar-refractivity contribution in [2.45, 2.75) is 11.3 Å². The van der Waals surface area contributed by atoms with Gasteiger partial charge in [0.1, 0.15) is 10.7 Å². The van der Waals surface area contributed by atoms with Crippen LogP contribution in [0.2, 0.25) is 0 Å². The predicted octanol–water partition coefficient (Wildman–Crippen LogP) is 1.46. The molecule has 114 valence electrons. The van der Waals surface area contributed by atoms with E-state index >= 15 is 0 Å². The standard InChI is InChI=1S/C12H21BrN4O2S/c1-14-12-11(8-10(13)9-15-12)20(18,19)17(4)7-5-6-16(2)3/h8-9H,5-7H2,1-4H3,(H,14,15). The number of aromatic nitrogens is 1. The van der Waals surface area contributed by atoms with E-state index in [1.54, 1.807) is 26.4 Å². The summed E-state index contributed by atoms with van der Waals surface area (Å²) in [7, 11) is 3.63. The van der Waals surface area contributed by atoms with E-state index in [-0.39, 0.29) is 4.90 Å². The summed E-state index contributed by atoms with van der Waals surface area (Å²) >= 11 is 3.26. The van der Waals surface area contributed by atoms with Gasteiger partial charge in [-0.15, -0.1) is 0 Å². The Morgan fingerprint density at radius 1 is 1.30 bits per heavy atom. The zero-order valence-corrected chi connectivity index (χ0v) is 14.6. The Labute approximate surface area is 129 Å². The molecule has 0 radical (unpaired) electrons. The number of halogens is 1. The minimum absolute atomic E-state index is 0.182. The average molecular weight is 365 g/mol. The molecule has 1 aromatic rings. The van der Waals surface area contributed by atoms with Crippen molar-refractivity contribution in [3.8, 4) is 0 Å². The van der Waals surface area contributed by atoms with Crippen molar-refractivity contribution < 1.29 is 8.42 Å². The number of hydrogen-bond donors (Lipinski definition) is 1. The molecule has 0 spiro atoms. The van der Waals surface area contributed by atoms with Gasteiger partial charge in [0.2, 0.25) is 10.0 Å². The third-order valence-corrected chi connectivity index (χ3v) is 5.13. The van der Waals surface area contributed by atoms with Gasteiger partial charge in [0.05, 0.1) is 0 Å². The second kappa shape index (κ2) is 7.35. The zero-order chi connectivity index (χ0) is 15.3. The second-order valence-electron chi connectivity index (χ2n) is 4.73. The maximum Gasteiger partial charge on any atom is 0.246 e. The lowest BCUT2D eigenvalue weighted by Crippen LogP contribution is -2.30. The predicted molar refractivity (Wildman–Crippen MR) is 84.5 cm³/mol. The van der Waals surface area contributed by atoms with Crippen molar-refractivity contribution in [3.63, 3.8) is 0 Å². The number of rotatable bonds is 7. The van der Waals surface area contributed by atoms with Crippen molar-refractivity contribution >= 4 is 31.8 Å². The molecular weight excluding hydrogens is 344 g/mol. The number of sulfonamides is 1. The van der Waals surface area contributed by atoms with E-state index in [9.17, 15) is 8.42 Å². The molecule has 0 amide bonds. The molecule has 0 bridgehead atoms. The third-order valence-electron chi connectivity index (χ3n) is 2.82. The Kier molecular flexibility index (Phi) is 6.38. The van der Waals surface area contributed by atoms with Crippen LogP contribution in [0.3, 0.4) is 0 Å². The van der Waals surface area contributed by atoms with E-state index < -0.39 is 10.0 Å². The van der Waals surface area contributed by atoms with Crippen LogP contribution in [-0.4, -0.2) is 63.9 Å². The SMILES string of the molecule is CNc1ncc(Br)cc1S(=O)(=O)N(C)CCCN(C)C. The van der Waals surface area contributed by atoms with Crippen LogP contribution in [0, 0.1) is 0 Å². The molecule has 0 atom stereocenters. The Morgan fingerprint density at radius 2 is 1.95 bits per heavy atom. The topological polar surface area (TPSA) is 65.5 Å². The van der Waals surface area contributed by atoms with Crippen molar-refractivity contribution in [1.82, 2.24) is 14.2 Å². The molecule has 0 aromatic carbocycles. The number of nitrogens with zero attached hydrogens (tertiary/aromatic N) is 3. The first kappa shape index (κ1) is 17.4. The molecule has 6 nitrogen and oxygen atoms in total. The van der Waals surface area contributed by atoms with Gasteiger partial charge in [0.25, 0.3) is 0 Å². The van der Waals surface area contributed by atoms with Gasteiger partial charge < -0.3 is 10.2 Å². The van der Waals surface area contributed by atoms with Crippen LogP contribution >= 0.6 is 15.9 Å². The van der Waals surface area contributed by atoms with E-state index in [4.69, 9.17) is 0 Å². The summed E-state index contributed by atoms with van der Waals surface area (Å²) in [4.78, 5) is 6.29. The summed E-state index contributed by atoms with van der Waals surface area (Å²) < 4.78 is 27.1. The summed E-state index contributed by atoms with van der Waals surface area (Å²) in [6.07, 6.45) is 2.34. The summed E-state index contributed by atoms with van der Waals surface area (Å²) in [6, 6.07) is 1.57. The fourth-order valence-electron chi connectivity index (χ4n) is 1.70. The van der Waals surface area contributed by atoms with Gasteiger partial charge in [-0.05, 0) is 49.1 Å². The normalized spacial score (nSPS) is 12.2. The van der Waals surface area contributed by atoms with Gasteiger partial charge in [0, 0.05) is 31.3 Å². The number of pyridine rings is 1. The summed E-state index contributed by atoms with van der Waals surface area (Å²) in [5.74, 6) is 0.354. The maximum atomic E-state index is 12.6. The average Bonchev–Trinajstić information content (AvgIpc) is 2.38. The molecule has 0 aliphatic heterocycles. The Bertz CT molecular complexity index is 548. The number of hydrogen-bond acceptors (Lipinski definition) is 5. The summed E-state index contributed by atoms with van der Waals surface area (Å²) in [5, 5.41) is 2.81. The van der Waals surface area contributed by atoms with Crippen molar-refractivity contribution in [2.24, 2.45) is 0 Å². The Hall–Kier alpha value is -0.700. The van der Waals surface area contributed by atoms with Gasteiger partial charge in [0.15, 0.2) is 0 Å². The molecule has 1 rings (SSSR count). The van der Waals surface area contributed by atoms with Crippen molar-refractivity contribution in [2.75, 3.05) is 46.6 Å². The van der Waals surface area contributed by atoms with Gasteiger partial charge in [-0.3, -0.25) is 0 Å². The summed E-state index contributed by atoms with van der Waals surface area (Å²) in [6.45, 7) is 1.31. The largest absolute Gasteiger partial charge is 0.372 e. The van der Waals surface area contributed by atoms with Gasteiger partial charge in [-0.1, -0.05) is 0 Å². The highest BCUT2D eigenvalue weighted by Crippen LogP contribution is 2.25. The fraction of sp³-hybridized carbons (Fsp3) is 0.583. The molecule has 1 N–H and O–H groups in total. The van der Waals surface area contributed by atoms with Crippen LogP contribution in [0.4, 0.5) is 5.82 Å². The van der Waals surface area contributed by atoms with Crippen LogP contribution < -0.4 is 5.32 Å². The fourth-order valence-corrected chi connectivity index (χ4v) is 3.57. The van der Waals surface area contributed by atoms with E-state index in [1.165, 1.54) is 4.31 Å². The second-order valence-corrected chi connectivity index (χ2v) is 7.66. The molecule has 8 heteroatoms. The zero-order valence-electron chi connectivity index (χ0n) is 12.2. The molecule has 1 heterocycles. The Balaban J connectivity index is 2.95. The first-order valence-corrected chi connectivity index (χ1v) is 8.46. The highest BCUT2D eigenvalue weighted by atomic mass is 79.9. The first-order chi connectivity index (χ1) is 9.28. The third kappa shape index (κ3) is 4.41. The lowest BCUT2D eigenvalue weighted by Gasteiger charge is -2.19. The van der Waals surface area contributed by atoms with Crippen LogP contribution in [-0.2, 0) is 10.0 Å². The molecule has 0 aliphatic carbocycles. The minimum Gasteiger partial charge on any atom is -0.372 e. The maximum absolute atomic E-state index is 12.6. The minimum atomic E-state index is -3.54. The summed E-state index contributed by atoms with van der Waals surface area (Å²) in [5.41, 5.74) is 0. The van der Waals surface area contributed by atoms with Gasteiger partial charge in [-0.25, -0.2) is 17.7 Å². The van der Waals surface area contributed by atoms with Crippen molar-refractivity contribution in [3.05, 3.63) is 16.7 Å². The monoisotopic (exact) mass is 364 g/mol. The highest BCUT2D eigenvalue weighted by molar-refractivity contribution is 9.10. The van der Waals surface area contributed by atoms with Crippen molar-refractivity contribution in [1.29, 1.82) is 0 Å². The Morgan fingerprint density at radius 3 is 2.50 bits per heavy atom. The molecular formula is C12H21BrN4O2S. The van der Waals surface area contributed by atoms with E-state index in [0.717, 1.165) is 13.0 Å². The van der Waals surface area contributed by atoms with E-state index in [0.29, 0.717) is 16.8 Å². The molecule has 20 heavy (non-hydrogen) atoms. The smallest absolute Gasteiger partial charge is 0.246 e. The van der Waals surface area contributed by atoms with Crippen LogP contribution in [0.1, 0.15) is 6.42 Å². The molecule has 0 fully saturated rings. The quantitative estimate of drug-likeness (QED) is 0.793. The lowest BCUT2D eigenvalue weighted by molar-refractivity contribution is 0.370. The highest BCUT2D eigenvalue weighted by Gasteiger charge is 2.24. The van der Waals surface area contributed by atoms with E-state index in [1.807, 2.05) is 19.0 Å². The van der Waals surface area contributed by atoms with Gasteiger partial charge in [-0.2, -0.15) is 0 Å². The number of nitrogens with one attached hydrogen (secondary N) is 1. The molecule has 0 unspecified atom stereocenters. The first-order valence-electron chi connectivity index (χ1n) is 6.23. The molecule has 0 saturated heterocycles. The molecule has 0 saturated carbocycles. The van der Waals surface area contributed by atoms with Crippen LogP contribution in [0.5, 0.6) is 0 Å². The molecule has 1 aromatic heterocycles. The number of anilines is 1. The van der Waals surface area contributed by atoms with Gasteiger partial charge >= 0.3 is 0 Å². The van der Waals surface area contributed by atoms with Crippen LogP contribution in [0.15, 0.2) is 21.6 Å².